The van der Waals surface area contributed by atoms with Gasteiger partial charge in [-0.15, -0.1) is 11.8 Å². The lowest BCUT2D eigenvalue weighted by Gasteiger charge is -2.21. The smallest absolute Gasteiger partial charge is 0.311 e. The fraction of sp³-hybridized carbons (Fsp3) is 0.400. The van der Waals surface area contributed by atoms with Crippen LogP contribution >= 0.6 is 19.4 Å². The van der Waals surface area contributed by atoms with E-state index in [9.17, 15) is 8.77 Å². The van der Waals surface area contributed by atoms with Crippen LogP contribution in [0.3, 0.4) is 0 Å². The molecule has 0 aliphatic heterocycles. The van der Waals surface area contributed by atoms with Crippen LogP contribution in [0.4, 0.5) is 0 Å². The Hall–Kier alpha value is -0.130. The molecule has 1 aromatic carbocycles. The summed E-state index contributed by atoms with van der Waals surface area (Å²) >= 11 is 1.22. The molecule has 0 saturated heterocycles. The summed E-state index contributed by atoms with van der Waals surface area (Å²) in [6.07, 6.45) is 1.73. The Balaban J connectivity index is 3.04. The topological polar surface area (TPSA) is 52.6 Å². The molecule has 1 aromatic rings. The number of hydrogen-bond donors (Lipinski definition) is 0. The van der Waals surface area contributed by atoms with Crippen molar-refractivity contribution < 1.29 is 17.8 Å². The van der Waals surface area contributed by atoms with Crippen LogP contribution < -0.4 is 0 Å². The van der Waals surface area contributed by atoms with Gasteiger partial charge in [-0.3, -0.25) is 8.77 Å². The monoisotopic (exact) mass is 294 g/mol. The predicted octanol–water partition coefficient (Wildman–Crippen LogP) is 2.93. The summed E-state index contributed by atoms with van der Waals surface area (Å²) in [6.45, 7) is 0. The summed E-state index contributed by atoms with van der Waals surface area (Å²) in [5.74, 6) is 0. The molecule has 7 heteroatoms. The van der Waals surface area contributed by atoms with Gasteiger partial charge in [0.2, 0.25) is 0 Å². The van der Waals surface area contributed by atoms with Crippen molar-refractivity contribution in [3.8, 4) is 0 Å². The predicted molar refractivity (Wildman–Crippen MR) is 71.8 cm³/mol. The number of benzene rings is 1. The Bertz CT molecular complexity index is 416. The van der Waals surface area contributed by atoms with Gasteiger partial charge in [-0.2, -0.15) is 0 Å². The third-order valence-electron chi connectivity index (χ3n) is 2.13. The minimum Gasteiger partial charge on any atom is -0.311 e. The van der Waals surface area contributed by atoms with Gasteiger partial charge in [0, 0.05) is 19.1 Å². The Morgan fingerprint density at radius 2 is 1.76 bits per heavy atom. The molecule has 2 atom stereocenters. The highest BCUT2D eigenvalue weighted by Crippen LogP contribution is 2.57. The van der Waals surface area contributed by atoms with Gasteiger partial charge in [0.05, 0.1) is 10.8 Å². The van der Waals surface area contributed by atoms with Crippen LogP contribution in [0.15, 0.2) is 35.2 Å². The summed E-state index contributed by atoms with van der Waals surface area (Å²) in [5.41, 5.74) is 0. The molecule has 0 aliphatic carbocycles. The van der Waals surface area contributed by atoms with E-state index in [0.29, 0.717) is 4.90 Å². The second-order valence-corrected chi connectivity index (χ2v) is 8.86. The van der Waals surface area contributed by atoms with E-state index in [0.717, 1.165) is 0 Å². The van der Waals surface area contributed by atoms with Crippen LogP contribution in [0, 0.1) is 0 Å². The minimum atomic E-state index is -3.35. The van der Waals surface area contributed by atoms with Gasteiger partial charge >= 0.3 is 7.60 Å². The summed E-state index contributed by atoms with van der Waals surface area (Å²) < 4.78 is 33.6. The van der Waals surface area contributed by atoms with Crippen LogP contribution in [0.25, 0.3) is 0 Å². The third kappa shape index (κ3) is 3.42. The average molecular weight is 294 g/mol. The van der Waals surface area contributed by atoms with E-state index in [2.05, 4.69) is 0 Å². The highest BCUT2D eigenvalue weighted by Gasteiger charge is 2.38. The number of hydrogen-bond acceptors (Lipinski definition) is 5. The van der Waals surface area contributed by atoms with Crippen LogP contribution in [-0.2, 0) is 24.4 Å². The zero-order chi connectivity index (χ0) is 12.9. The van der Waals surface area contributed by atoms with Gasteiger partial charge < -0.3 is 9.05 Å². The second-order valence-electron chi connectivity index (χ2n) is 3.06. The summed E-state index contributed by atoms with van der Waals surface area (Å²) in [6, 6.07) is 8.87. The van der Waals surface area contributed by atoms with Gasteiger partial charge in [0.1, 0.15) is 0 Å². The zero-order valence-electron chi connectivity index (χ0n) is 9.86. The van der Waals surface area contributed by atoms with Gasteiger partial charge in [-0.1, -0.05) is 18.2 Å². The average Bonchev–Trinajstić information content (AvgIpc) is 2.40. The van der Waals surface area contributed by atoms with Crippen LogP contribution in [-0.4, -0.2) is 29.0 Å². The van der Waals surface area contributed by atoms with E-state index in [-0.39, 0.29) is 0 Å². The molecule has 0 aromatic heterocycles. The molecule has 0 bridgehead atoms. The molecule has 0 fully saturated rings. The minimum absolute atomic E-state index is 0.612. The fourth-order valence-corrected chi connectivity index (χ4v) is 6.80. The van der Waals surface area contributed by atoms with E-state index in [1.54, 1.807) is 30.5 Å². The van der Waals surface area contributed by atoms with Crippen molar-refractivity contribution in [2.45, 2.75) is 9.22 Å². The van der Waals surface area contributed by atoms with Crippen molar-refractivity contribution in [2.75, 3.05) is 20.5 Å². The normalized spacial score (nSPS) is 15.5. The summed E-state index contributed by atoms with van der Waals surface area (Å²) in [5, 5.41) is 0. The lowest BCUT2D eigenvalue weighted by molar-refractivity contribution is 0.278. The van der Waals surface area contributed by atoms with E-state index in [1.807, 2.05) is 6.07 Å². The molecular weight excluding hydrogens is 279 g/mol. The van der Waals surface area contributed by atoms with Gasteiger partial charge in [0.25, 0.3) is 0 Å². The Kier molecular flexibility index (Phi) is 5.89. The molecule has 0 saturated carbocycles. The first-order valence-electron chi connectivity index (χ1n) is 4.78. The first-order valence-corrected chi connectivity index (χ1v) is 8.90. The number of rotatable bonds is 6. The van der Waals surface area contributed by atoms with Gasteiger partial charge in [-0.25, -0.2) is 0 Å². The molecule has 0 N–H and O–H groups in total. The highest BCUT2D eigenvalue weighted by molar-refractivity contribution is 8.18. The zero-order valence-corrected chi connectivity index (χ0v) is 12.4. The lowest BCUT2D eigenvalue weighted by atomic mass is 10.4. The molecule has 0 amide bonds. The van der Waals surface area contributed by atoms with Crippen molar-refractivity contribution in [2.24, 2.45) is 0 Å². The molecule has 17 heavy (non-hydrogen) atoms. The van der Waals surface area contributed by atoms with Crippen molar-refractivity contribution in [3.05, 3.63) is 30.3 Å². The molecule has 4 nitrogen and oxygen atoms in total. The maximum atomic E-state index is 12.3. The maximum absolute atomic E-state index is 12.3. The quantitative estimate of drug-likeness (QED) is 0.755. The molecule has 0 aliphatic rings. The second kappa shape index (κ2) is 6.71. The van der Waals surface area contributed by atoms with E-state index < -0.39 is 22.7 Å². The van der Waals surface area contributed by atoms with Gasteiger partial charge in [0.15, 0.2) is 4.32 Å². The van der Waals surface area contributed by atoms with Crippen molar-refractivity contribution >= 4 is 30.2 Å². The standard InChI is InChI=1S/C10H15O4PS2/c1-13-15(11,14-2)10(16-3)17(12)9-7-5-4-6-8-9/h4-8,10H,1-3H3. The summed E-state index contributed by atoms with van der Waals surface area (Å²) in [4.78, 5) is 0.612. The molecule has 1 rings (SSSR count). The maximum Gasteiger partial charge on any atom is 0.355 e. The Morgan fingerprint density at radius 1 is 1.24 bits per heavy atom. The van der Waals surface area contributed by atoms with E-state index >= 15 is 0 Å². The first-order chi connectivity index (χ1) is 8.09. The molecule has 2 unspecified atom stereocenters. The fourth-order valence-electron chi connectivity index (χ4n) is 1.25. The SMILES string of the molecule is COP(=O)(OC)C(SC)S(=O)c1ccccc1. The van der Waals surface area contributed by atoms with Gasteiger partial charge in [-0.05, 0) is 18.4 Å². The van der Waals surface area contributed by atoms with Crippen molar-refractivity contribution in [1.29, 1.82) is 0 Å². The summed E-state index contributed by atoms with van der Waals surface area (Å²) in [7, 11) is -2.19. The molecule has 96 valence electrons. The number of thioether (sulfide) groups is 1. The molecule has 0 spiro atoms. The van der Waals surface area contributed by atoms with Crippen LogP contribution in [0.1, 0.15) is 0 Å². The Labute approximate surface area is 108 Å². The van der Waals surface area contributed by atoms with Crippen molar-refractivity contribution in [3.63, 3.8) is 0 Å². The van der Waals surface area contributed by atoms with Crippen LogP contribution in [0.2, 0.25) is 0 Å². The Morgan fingerprint density at radius 3 is 2.18 bits per heavy atom. The van der Waals surface area contributed by atoms with Crippen LogP contribution in [0.5, 0.6) is 0 Å². The largest absolute Gasteiger partial charge is 0.355 e. The third-order valence-corrected chi connectivity index (χ3v) is 9.03. The van der Waals surface area contributed by atoms with E-state index in [1.165, 1.54) is 26.0 Å². The van der Waals surface area contributed by atoms with E-state index in [4.69, 9.17) is 9.05 Å². The highest BCUT2D eigenvalue weighted by atomic mass is 32.2. The molecular formula is C10H15O4PS2. The first kappa shape index (κ1) is 14.9. The molecule has 0 heterocycles. The van der Waals surface area contributed by atoms with Crippen molar-refractivity contribution in [1.82, 2.24) is 0 Å². The molecule has 0 radical (unpaired) electrons. The lowest BCUT2D eigenvalue weighted by Crippen LogP contribution is -2.14.